The van der Waals surface area contributed by atoms with Gasteiger partial charge in [-0.25, -0.2) is 0 Å². The van der Waals surface area contributed by atoms with Crippen molar-refractivity contribution in [2.45, 2.75) is 19.0 Å². The second-order valence-corrected chi connectivity index (χ2v) is 2.44. The van der Waals surface area contributed by atoms with Crippen LogP contribution in [0.2, 0.25) is 0 Å². The third-order valence-corrected chi connectivity index (χ3v) is 1.99. The monoisotopic (exact) mass is 95.1 g/mol. The molecule has 1 heterocycles. The predicted molar refractivity (Wildman–Crippen MR) is 29.0 cm³/mol. The fourth-order valence-corrected chi connectivity index (χ4v) is 1.29. The first-order valence-electron chi connectivity index (χ1n) is 2.82. The summed E-state index contributed by atoms with van der Waals surface area (Å²) in [5, 5.41) is 3.36. The first-order valence-corrected chi connectivity index (χ1v) is 2.82. The zero-order valence-electron chi connectivity index (χ0n) is 4.39. The summed E-state index contributed by atoms with van der Waals surface area (Å²) in [5.74, 6) is 0.889. The quantitative estimate of drug-likeness (QED) is 0.433. The number of rotatable bonds is 0. The topological polar surface area (TPSA) is 12.0 Å². The smallest absolute Gasteiger partial charge is 0.0330 e. The molecule has 0 saturated carbocycles. The van der Waals surface area contributed by atoms with Crippen molar-refractivity contribution < 1.29 is 0 Å². The molecular formula is C6H9N. The minimum Gasteiger partial charge on any atom is -0.307 e. The molecule has 1 aliphatic carbocycles. The zero-order chi connectivity index (χ0) is 4.85. The zero-order valence-corrected chi connectivity index (χ0v) is 4.39. The molecule has 0 aromatic heterocycles. The third kappa shape index (κ3) is 0.280. The van der Waals surface area contributed by atoms with Crippen molar-refractivity contribution in [1.29, 1.82) is 0 Å². The summed E-state index contributed by atoms with van der Waals surface area (Å²) in [6.45, 7) is 2.23. The van der Waals surface area contributed by atoms with Crippen molar-refractivity contribution in [3.8, 4) is 0 Å². The van der Waals surface area contributed by atoms with Gasteiger partial charge in [-0.3, -0.25) is 0 Å². The molecule has 0 bridgehead atoms. The number of nitrogens with one attached hydrogen (secondary N) is 1. The van der Waals surface area contributed by atoms with Crippen molar-refractivity contribution in [2.75, 3.05) is 0 Å². The van der Waals surface area contributed by atoms with Gasteiger partial charge in [0, 0.05) is 18.0 Å². The first-order chi connectivity index (χ1) is 3.38. The predicted octanol–water partition coefficient (Wildman–Crippen LogP) is 0.533. The highest BCUT2D eigenvalue weighted by Crippen LogP contribution is 2.30. The fraction of sp³-hybridized carbons (Fsp3) is 0.667. The van der Waals surface area contributed by atoms with Crippen LogP contribution in [-0.2, 0) is 0 Å². The van der Waals surface area contributed by atoms with Crippen molar-refractivity contribution in [2.24, 2.45) is 5.92 Å². The largest absolute Gasteiger partial charge is 0.307 e. The van der Waals surface area contributed by atoms with Crippen LogP contribution >= 0.6 is 0 Å². The van der Waals surface area contributed by atoms with Crippen molar-refractivity contribution in [1.82, 2.24) is 5.32 Å². The Morgan fingerprint density at radius 1 is 1.43 bits per heavy atom. The Morgan fingerprint density at radius 3 is 2.29 bits per heavy atom. The average Bonchev–Trinajstić information content (AvgIpc) is 1.59. The van der Waals surface area contributed by atoms with Crippen LogP contribution in [-0.4, -0.2) is 12.1 Å². The number of fused-ring (bicyclic) bond motifs is 1. The van der Waals surface area contributed by atoms with Gasteiger partial charge < -0.3 is 5.32 Å². The van der Waals surface area contributed by atoms with Gasteiger partial charge in [0.2, 0.25) is 0 Å². The molecule has 1 aliphatic heterocycles. The van der Waals surface area contributed by atoms with E-state index in [1.54, 1.807) is 0 Å². The molecule has 2 aliphatic rings. The van der Waals surface area contributed by atoms with Crippen LogP contribution < -0.4 is 5.32 Å². The molecule has 0 radical (unpaired) electrons. The summed E-state index contributed by atoms with van der Waals surface area (Å²) in [4.78, 5) is 0. The molecule has 1 saturated heterocycles. The van der Waals surface area contributed by atoms with Crippen LogP contribution in [0.15, 0.2) is 12.2 Å². The van der Waals surface area contributed by atoms with Gasteiger partial charge in [-0.2, -0.15) is 0 Å². The molecule has 0 amide bonds. The standard InChI is InChI=1S/C6H9N/c1-4-5-2-3-6(5)7-4/h2-7H,1H3. The van der Waals surface area contributed by atoms with Crippen LogP contribution in [0.3, 0.4) is 0 Å². The molecule has 3 atom stereocenters. The van der Waals surface area contributed by atoms with E-state index in [0.717, 1.165) is 18.0 Å². The fourth-order valence-electron chi connectivity index (χ4n) is 1.29. The Balaban J connectivity index is 2.15. The van der Waals surface area contributed by atoms with Crippen LogP contribution in [0.5, 0.6) is 0 Å². The van der Waals surface area contributed by atoms with E-state index in [-0.39, 0.29) is 0 Å². The average molecular weight is 95.1 g/mol. The highest BCUT2D eigenvalue weighted by Gasteiger charge is 2.38. The van der Waals surface area contributed by atoms with Gasteiger partial charge in [-0.05, 0) is 6.92 Å². The van der Waals surface area contributed by atoms with Gasteiger partial charge in [0.25, 0.3) is 0 Å². The van der Waals surface area contributed by atoms with E-state index >= 15 is 0 Å². The van der Waals surface area contributed by atoms with Crippen molar-refractivity contribution >= 4 is 0 Å². The maximum atomic E-state index is 3.36. The Labute approximate surface area is 43.4 Å². The van der Waals surface area contributed by atoms with E-state index < -0.39 is 0 Å². The van der Waals surface area contributed by atoms with Crippen LogP contribution in [0.1, 0.15) is 6.92 Å². The lowest BCUT2D eigenvalue weighted by Gasteiger charge is -2.47. The van der Waals surface area contributed by atoms with Crippen molar-refractivity contribution in [3.05, 3.63) is 12.2 Å². The van der Waals surface area contributed by atoms with Gasteiger partial charge in [-0.1, -0.05) is 12.2 Å². The summed E-state index contributed by atoms with van der Waals surface area (Å²) in [5.41, 5.74) is 0. The molecule has 3 unspecified atom stereocenters. The Kier molecular flexibility index (Phi) is 0.482. The second kappa shape index (κ2) is 0.920. The first kappa shape index (κ1) is 3.67. The Hall–Kier alpha value is -0.300. The second-order valence-electron chi connectivity index (χ2n) is 2.44. The van der Waals surface area contributed by atoms with Gasteiger partial charge in [-0.15, -0.1) is 0 Å². The molecule has 0 aromatic carbocycles. The molecule has 7 heavy (non-hydrogen) atoms. The minimum atomic E-state index is 0.759. The van der Waals surface area contributed by atoms with Gasteiger partial charge in [0.05, 0.1) is 0 Å². The van der Waals surface area contributed by atoms with Gasteiger partial charge in [0.15, 0.2) is 0 Å². The molecule has 0 spiro atoms. The Morgan fingerprint density at radius 2 is 2.29 bits per heavy atom. The molecule has 0 aromatic rings. The highest BCUT2D eigenvalue weighted by atomic mass is 15.1. The van der Waals surface area contributed by atoms with E-state index in [2.05, 4.69) is 24.4 Å². The lowest BCUT2D eigenvalue weighted by molar-refractivity contribution is 0.213. The molecule has 1 nitrogen and oxygen atoms in total. The van der Waals surface area contributed by atoms with Crippen molar-refractivity contribution in [3.63, 3.8) is 0 Å². The molecule has 38 valence electrons. The summed E-state index contributed by atoms with van der Waals surface area (Å²) < 4.78 is 0. The molecule has 1 N–H and O–H groups in total. The van der Waals surface area contributed by atoms with E-state index in [1.807, 2.05) is 0 Å². The molecule has 2 rings (SSSR count). The van der Waals surface area contributed by atoms with Crippen LogP contribution in [0.25, 0.3) is 0 Å². The number of hydrogen-bond donors (Lipinski definition) is 1. The van der Waals surface area contributed by atoms with Gasteiger partial charge >= 0.3 is 0 Å². The van der Waals surface area contributed by atoms with E-state index in [0.29, 0.717) is 0 Å². The normalized spacial score (nSPS) is 54.7. The molecular weight excluding hydrogens is 86.1 g/mol. The number of hydrogen-bond acceptors (Lipinski definition) is 1. The highest BCUT2D eigenvalue weighted by molar-refractivity contribution is 5.23. The lowest BCUT2D eigenvalue weighted by Crippen LogP contribution is -2.62. The van der Waals surface area contributed by atoms with E-state index in [1.165, 1.54) is 0 Å². The SMILES string of the molecule is CC1NC2C=CC12. The summed E-state index contributed by atoms with van der Waals surface area (Å²) >= 11 is 0. The van der Waals surface area contributed by atoms with E-state index in [4.69, 9.17) is 0 Å². The van der Waals surface area contributed by atoms with Crippen LogP contribution in [0, 0.1) is 5.92 Å². The van der Waals surface area contributed by atoms with E-state index in [9.17, 15) is 0 Å². The third-order valence-electron chi connectivity index (χ3n) is 1.99. The summed E-state index contributed by atoms with van der Waals surface area (Å²) in [6, 6.07) is 1.52. The Bertz CT molecular complexity index is 117. The summed E-state index contributed by atoms with van der Waals surface area (Å²) in [6.07, 6.45) is 4.51. The van der Waals surface area contributed by atoms with Gasteiger partial charge in [0.1, 0.15) is 0 Å². The lowest BCUT2D eigenvalue weighted by atomic mass is 9.75. The minimum absolute atomic E-state index is 0.759. The molecule has 1 fully saturated rings. The summed E-state index contributed by atoms with van der Waals surface area (Å²) in [7, 11) is 0. The maximum Gasteiger partial charge on any atom is 0.0330 e. The maximum absolute atomic E-state index is 3.36. The molecule has 1 heteroatoms. The van der Waals surface area contributed by atoms with Crippen LogP contribution in [0.4, 0.5) is 0 Å².